The molecule has 2 rings (SSSR count). The Morgan fingerprint density at radius 3 is 2.60 bits per heavy atom. The van der Waals surface area contributed by atoms with Gasteiger partial charge in [-0.05, 0) is 47.5 Å². The maximum Gasteiger partial charge on any atom is 0.139 e. The highest BCUT2D eigenvalue weighted by molar-refractivity contribution is 9.10. The summed E-state index contributed by atoms with van der Waals surface area (Å²) in [6.07, 6.45) is 2.31. The van der Waals surface area contributed by atoms with Crippen molar-refractivity contribution in [3.63, 3.8) is 0 Å². The summed E-state index contributed by atoms with van der Waals surface area (Å²) in [5, 5.41) is 6.42. The second-order valence-electron chi connectivity index (χ2n) is 4.19. The molecule has 1 heterocycles. The van der Waals surface area contributed by atoms with E-state index in [1.54, 1.807) is 12.1 Å². The molecule has 0 radical (unpaired) electrons. The van der Waals surface area contributed by atoms with E-state index in [0.29, 0.717) is 4.47 Å². The van der Waals surface area contributed by atoms with Gasteiger partial charge in [0.1, 0.15) is 23.8 Å². The van der Waals surface area contributed by atoms with Gasteiger partial charge in [-0.15, -0.1) is 0 Å². The van der Waals surface area contributed by atoms with Crippen LogP contribution in [-0.2, 0) is 6.42 Å². The number of aromatic nitrogens is 2. The van der Waals surface area contributed by atoms with Crippen molar-refractivity contribution in [2.75, 3.05) is 17.2 Å². The molecule has 0 saturated carbocycles. The molecule has 0 aliphatic heterocycles. The van der Waals surface area contributed by atoms with Crippen LogP contribution in [0, 0.1) is 5.82 Å². The molecule has 0 atom stereocenters. The number of rotatable bonds is 5. The molecule has 106 valence electrons. The molecule has 1 aromatic heterocycles. The van der Waals surface area contributed by atoms with Crippen LogP contribution in [0.3, 0.4) is 0 Å². The van der Waals surface area contributed by atoms with E-state index in [1.165, 1.54) is 12.4 Å². The molecule has 0 unspecified atom stereocenters. The summed E-state index contributed by atoms with van der Waals surface area (Å²) >= 11 is 3.17. The summed E-state index contributed by atoms with van der Waals surface area (Å²) in [6.45, 7) is 4.86. The predicted molar refractivity (Wildman–Crippen MR) is 83.0 cm³/mol. The minimum absolute atomic E-state index is 0.290. The van der Waals surface area contributed by atoms with Crippen LogP contribution >= 0.6 is 15.9 Å². The summed E-state index contributed by atoms with van der Waals surface area (Å²) in [4.78, 5) is 8.51. The van der Waals surface area contributed by atoms with E-state index in [0.717, 1.165) is 35.9 Å². The molecule has 0 saturated heterocycles. The van der Waals surface area contributed by atoms with Gasteiger partial charge in [-0.1, -0.05) is 6.92 Å². The van der Waals surface area contributed by atoms with Crippen LogP contribution in [0.15, 0.2) is 29.0 Å². The molecule has 0 aliphatic rings. The zero-order valence-electron chi connectivity index (χ0n) is 11.4. The Balaban J connectivity index is 2.32. The summed E-state index contributed by atoms with van der Waals surface area (Å²) in [7, 11) is 0. The van der Waals surface area contributed by atoms with Gasteiger partial charge < -0.3 is 10.6 Å². The van der Waals surface area contributed by atoms with Gasteiger partial charge in [0.2, 0.25) is 0 Å². The average Bonchev–Trinajstić information content (AvgIpc) is 2.44. The Morgan fingerprint density at radius 2 is 1.95 bits per heavy atom. The summed E-state index contributed by atoms with van der Waals surface area (Å²) < 4.78 is 13.7. The lowest BCUT2D eigenvalue weighted by Crippen LogP contribution is -2.07. The van der Waals surface area contributed by atoms with Crippen molar-refractivity contribution in [1.29, 1.82) is 0 Å². The maximum absolute atomic E-state index is 13.2. The van der Waals surface area contributed by atoms with Crippen molar-refractivity contribution in [1.82, 2.24) is 9.97 Å². The first kappa shape index (κ1) is 14.7. The van der Waals surface area contributed by atoms with Crippen LogP contribution in [0.4, 0.5) is 21.7 Å². The minimum Gasteiger partial charge on any atom is -0.370 e. The van der Waals surface area contributed by atoms with Gasteiger partial charge in [-0.3, -0.25) is 0 Å². The van der Waals surface area contributed by atoms with Crippen molar-refractivity contribution < 1.29 is 4.39 Å². The van der Waals surface area contributed by atoms with Gasteiger partial charge >= 0.3 is 0 Å². The SMILES string of the molecule is CCNc1ncnc(Nc2ccc(F)c(Br)c2)c1CC. The van der Waals surface area contributed by atoms with Gasteiger partial charge in [0, 0.05) is 17.8 Å². The van der Waals surface area contributed by atoms with Gasteiger partial charge in [0.25, 0.3) is 0 Å². The average molecular weight is 339 g/mol. The minimum atomic E-state index is -0.290. The lowest BCUT2D eigenvalue weighted by Gasteiger charge is -2.14. The van der Waals surface area contributed by atoms with Gasteiger partial charge in [-0.2, -0.15) is 0 Å². The molecule has 0 spiro atoms. The fraction of sp³-hybridized carbons (Fsp3) is 0.286. The molecule has 2 N–H and O–H groups in total. The van der Waals surface area contributed by atoms with Crippen molar-refractivity contribution in [3.8, 4) is 0 Å². The van der Waals surface area contributed by atoms with Crippen molar-refractivity contribution >= 4 is 33.3 Å². The Hall–Kier alpha value is -1.69. The van der Waals surface area contributed by atoms with Crippen molar-refractivity contribution in [2.45, 2.75) is 20.3 Å². The standard InChI is InChI=1S/C14H16BrFN4/c1-3-10-13(17-4-2)18-8-19-14(10)20-9-5-6-12(16)11(15)7-9/h5-8H,3-4H2,1-2H3,(H2,17,18,19,20). The first-order valence-electron chi connectivity index (χ1n) is 6.45. The van der Waals surface area contributed by atoms with E-state index < -0.39 is 0 Å². The van der Waals surface area contributed by atoms with Gasteiger partial charge in [0.05, 0.1) is 4.47 Å². The van der Waals surface area contributed by atoms with E-state index in [2.05, 4.69) is 36.5 Å². The van der Waals surface area contributed by atoms with E-state index in [1.807, 2.05) is 13.8 Å². The molecule has 2 aromatic rings. The number of hydrogen-bond donors (Lipinski definition) is 2. The number of benzene rings is 1. The Morgan fingerprint density at radius 1 is 1.20 bits per heavy atom. The fourth-order valence-electron chi connectivity index (χ4n) is 1.89. The quantitative estimate of drug-likeness (QED) is 0.861. The first-order chi connectivity index (χ1) is 9.65. The van der Waals surface area contributed by atoms with Crippen molar-refractivity contribution in [2.24, 2.45) is 0 Å². The molecule has 20 heavy (non-hydrogen) atoms. The largest absolute Gasteiger partial charge is 0.370 e. The molecule has 0 fully saturated rings. The molecular formula is C14H16BrFN4. The van der Waals surface area contributed by atoms with E-state index >= 15 is 0 Å². The predicted octanol–water partition coefficient (Wildman–Crippen LogP) is 4.12. The van der Waals surface area contributed by atoms with Crippen molar-refractivity contribution in [3.05, 3.63) is 40.4 Å². The maximum atomic E-state index is 13.2. The summed E-state index contributed by atoms with van der Waals surface area (Å²) in [5.41, 5.74) is 1.78. The fourth-order valence-corrected chi connectivity index (χ4v) is 2.26. The van der Waals surface area contributed by atoms with Crippen LogP contribution in [0.2, 0.25) is 0 Å². The second-order valence-corrected chi connectivity index (χ2v) is 5.04. The van der Waals surface area contributed by atoms with E-state index in [-0.39, 0.29) is 5.82 Å². The highest BCUT2D eigenvalue weighted by Gasteiger charge is 2.10. The second kappa shape index (κ2) is 6.65. The van der Waals surface area contributed by atoms with E-state index in [4.69, 9.17) is 0 Å². The van der Waals surface area contributed by atoms with Crippen LogP contribution in [-0.4, -0.2) is 16.5 Å². The highest BCUT2D eigenvalue weighted by atomic mass is 79.9. The third-order valence-electron chi connectivity index (χ3n) is 2.83. The normalized spacial score (nSPS) is 10.4. The van der Waals surface area contributed by atoms with Gasteiger partial charge in [0.15, 0.2) is 0 Å². The van der Waals surface area contributed by atoms with Gasteiger partial charge in [-0.25, -0.2) is 14.4 Å². The van der Waals surface area contributed by atoms with Crippen LogP contribution in [0.5, 0.6) is 0 Å². The third-order valence-corrected chi connectivity index (χ3v) is 3.43. The number of nitrogens with zero attached hydrogens (tertiary/aromatic N) is 2. The smallest absolute Gasteiger partial charge is 0.139 e. The molecular weight excluding hydrogens is 323 g/mol. The lowest BCUT2D eigenvalue weighted by molar-refractivity contribution is 0.621. The Labute approximate surface area is 126 Å². The number of hydrogen-bond acceptors (Lipinski definition) is 4. The number of nitrogens with one attached hydrogen (secondary N) is 2. The molecule has 6 heteroatoms. The zero-order chi connectivity index (χ0) is 14.5. The van der Waals surface area contributed by atoms with Crippen LogP contribution < -0.4 is 10.6 Å². The summed E-state index contributed by atoms with van der Waals surface area (Å²) in [5.74, 6) is 1.27. The molecule has 0 bridgehead atoms. The van der Waals surface area contributed by atoms with Crippen LogP contribution in [0.1, 0.15) is 19.4 Å². The molecule has 0 aliphatic carbocycles. The number of halogens is 2. The monoisotopic (exact) mass is 338 g/mol. The summed E-state index contributed by atoms with van der Waals surface area (Å²) in [6, 6.07) is 4.77. The highest BCUT2D eigenvalue weighted by Crippen LogP contribution is 2.26. The Bertz CT molecular complexity index is 604. The third kappa shape index (κ3) is 3.25. The first-order valence-corrected chi connectivity index (χ1v) is 7.24. The number of anilines is 3. The molecule has 1 aromatic carbocycles. The lowest BCUT2D eigenvalue weighted by atomic mass is 10.2. The zero-order valence-corrected chi connectivity index (χ0v) is 13.0. The Kier molecular flexibility index (Phi) is 4.89. The van der Waals surface area contributed by atoms with Crippen LogP contribution in [0.25, 0.3) is 0 Å². The topological polar surface area (TPSA) is 49.8 Å². The molecule has 4 nitrogen and oxygen atoms in total. The molecule has 0 amide bonds. The van der Waals surface area contributed by atoms with E-state index in [9.17, 15) is 4.39 Å².